The largest absolute Gasteiger partial charge is 0.496 e. The fraction of sp³-hybridized carbons (Fsp3) is 0.381. The summed E-state index contributed by atoms with van der Waals surface area (Å²) in [7, 11) is -2.06. The highest BCUT2D eigenvalue weighted by Gasteiger charge is 2.25. The number of amides is 1. The number of methoxy groups -OCH3 is 1. The Hall–Kier alpha value is -2.38. The molecule has 0 aliphatic carbocycles. The van der Waals surface area contributed by atoms with Gasteiger partial charge in [0.1, 0.15) is 5.75 Å². The van der Waals surface area contributed by atoms with Crippen molar-refractivity contribution in [3.05, 3.63) is 59.2 Å². The molecule has 0 bridgehead atoms. The summed E-state index contributed by atoms with van der Waals surface area (Å²) < 4.78 is 32.5. The van der Waals surface area contributed by atoms with E-state index in [1.807, 2.05) is 31.2 Å². The van der Waals surface area contributed by atoms with Crippen molar-refractivity contribution in [1.82, 2.24) is 9.62 Å². The van der Waals surface area contributed by atoms with Crippen molar-refractivity contribution in [3.63, 3.8) is 0 Å². The molecule has 0 unspecified atom stereocenters. The van der Waals surface area contributed by atoms with Gasteiger partial charge in [0, 0.05) is 24.2 Å². The van der Waals surface area contributed by atoms with Gasteiger partial charge in [-0.3, -0.25) is 4.79 Å². The summed E-state index contributed by atoms with van der Waals surface area (Å²) in [5, 5.41) is 2.92. The second kappa shape index (κ2) is 9.21. The predicted octanol–water partition coefficient (Wildman–Crippen LogP) is 3.53. The number of rotatable bonds is 8. The molecule has 6 nitrogen and oxygen atoms in total. The Morgan fingerprint density at radius 1 is 1.14 bits per heavy atom. The first kappa shape index (κ1) is 21.9. The Morgan fingerprint density at radius 3 is 2.39 bits per heavy atom. The van der Waals surface area contributed by atoms with Crippen LogP contribution in [0.15, 0.2) is 47.4 Å². The van der Waals surface area contributed by atoms with Crippen molar-refractivity contribution in [1.29, 1.82) is 0 Å². The van der Waals surface area contributed by atoms with Crippen molar-refractivity contribution in [3.8, 4) is 5.75 Å². The minimum Gasteiger partial charge on any atom is -0.496 e. The standard InChI is InChI=1S/C21H28N2O4S/c1-6-23(7-2)28(25,26)20-14-17(13-12-15(20)3)21(24)22-16(4)18-10-8-9-11-19(18)27-5/h8-14,16H,6-7H2,1-5H3,(H,22,24)/t16-/m0/s1. The van der Waals surface area contributed by atoms with Gasteiger partial charge in [-0.2, -0.15) is 4.31 Å². The fourth-order valence-electron chi connectivity index (χ4n) is 3.10. The molecule has 0 aliphatic heterocycles. The zero-order chi connectivity index (χ0) is 20.9. The molecule has 152 valence electrons. The van der Waals surface area contributed by atoms with E-state index in [0.29, 0.717) is 30.0 Å². The Balaban J connectivity index is 2.32. The van der Waals surface area contributed by atoms with Gasteiger partial charge in [-0.1, -0.05) is 38.1 Å². The molecule has 0 spiro atoms. The van der Waals surface area contributed by atoms with Crippen LogP contribution in [0.3, 0.4) is 0 Å². The number of hydrogen-bond acceptors (Lipinski definition) is 4. The van der Waals surface area contributed by atoms with Crippen LogP contribution in [-0.4, -0.2) is 38.8 Å². The molecule has 1 atom stereocenters. The summed E-state index contributed by atoms with van der Waals surface area (Å²) in [6.07, 6.45) is 0. The van der Waals surface area contributed by atoms with E-state index >= 15 is 0 Å². The molecule has 2 rings (SSSR count). The topological polar surface area (TPSA) is 75.7 Å². The smallest absolute Gasteiger partial charge is 0.251 e. The van der Waals surface area contributed by atoms with Crippen molar-refractivity contribution < 1.29 is 17.9 Å². The van der Waals surface area contributed by atoms with Gasteiger partial charge < -0.3 is 10.1 Å². The van der Waals surface area contributed by atoms with Gasteiger partial charge in [0.05, 0.1) is 18.0 Å². The number of carbonyl (C=O) groups is 1. The van der Waals surface area contributed by atoms with Gasteiger partial charge in [-0.15, -0.1) is 0 Å². The summed E-state index contributed by atoms with van der Waals surface area (Å²) in [5.74, 6) is 0.346. The van der Waals surface area contributed by atoms with E-state index < -0.39 is 10.0 Å². The first-order valence-corrected chi connectivity index (χ1v) is 10.7. The van der Waals surface area contributed by atoms with Crippen molar-refractivity contribution in [2.45, 2.75) is 38.6 Å². The van der Waals surface area contributed by atoms with Crippen LogP contribution >= 0.6 is 0 Å². The highest BCUT2D eigenvalue weighted by Crippen LogP contribution is 2.25. The lowest BCUT2D eigenvalue weighted by atomic mass is 10.1. The quantitative estimate of drug-likeness (QED) is 0.730. The van der Waals surface area contributed by atoms with Crippen LogP contribution in [0, 0.1) is 6.92 Å². The monoisotopic (exact) mass is 404 g/mol. The number of hydrogen-bond donors (Lipinski definition) is 1. The number of carbonyl (C=O) groups excluding carboxylic acids is 1. The first-order valence-electron chi connectivity index (χ1n) is 9.30. The predicted molar refractivity (Wildman–Crippen MR) is 110 cm³/mol. The lowest BCUT2D eigenvalue weighted by Gasteiger charge is -2.21. The molecular weight excluding hydrogens is 376 g/mol. The van der Waals surface area contributed by atoms with Gasteiger partial charge in [0.2, 0.25) is 10.0 Å². The molecule has 0 heterocycles. The second-order valence-electron chi connectivity index (χ2n) is 6.51. The van der Waals surface area contributed by atoms with E-state index in [4.69, 9.17) is 4.74 Å². The van der Waals surface area contributed by atoms with E-state index in [1.165, 1.54) is 10.4 Å². The van der Waals surface area contributed by atoms with Crippen LogP contribution < -0.4 is 10.1 Å². The Labute approximate surface area is 167 Å². The van der Waals surface area contributed by atoms with Crippen molar-refractivity contribution in [2.24, 2.45) is 0 Å². The zero-order valence-corrected chi connectivity index (χ0v) is 17.8. The molecule has 0 saturated heterocycles. The SMILES string of the molecule is CCN(CC)S(=O)(=O)c1cc(C(=O)N[C@@H](C)c2ccccc2OC)ccc1C. The molecule has 0 saturated carbocycles. The van der Waals surface area contributed by atoms with Crippen LogP contribution in [0.25, 0.3) is 0 Å². The van der Waals surface area contributed by atoms with Gasteiger partial charge in [0.15, 0.2) is 0 Å². The zero-order valence-electron chi connectivity index (χ0n) is 17.0. The summed E-state index contributed by atoms with van der Waals surface area (Å²) in [6.45, 7) is 7.93. The van der Waals surface area contributed by atoms with Gasteiger partial charge in [-0.05, 0) is 37.6 Å². The number of sulfonamides is 1. The van der Waals surface area contributed by atoms with Gasteiger partial charge in [0.25, 0.3) is 5.91 Å². The average Bonchev–Trinajstić information content (AvgIpc) is 2.68. The van der Waals surface area contributed by atoms with Crippen molar-refractivity contribution in [2.75, 3.05) is 20.2 Å². The van der Waals surface area contributed by atoms with Crippen LogP contribution in [0.2, 0.25) is 0 Å². The summed E-state index contributed by atoms with van der Waals surface area (Å²) in [4.78, 5) is 12.9. The summed E-state index contributed by atoms with van der Waals surface area (Å²) in [6, 6.07) is 11.9. The lowest BCUT2D eigenvalue weighted by molar-refractivity contribution is 0.0939. The van der Waals surface area contributed by atoms with E-state index in [1.54, 1.807) is 40.0 Å². The van der Waals surface area contributed by atoms with Crippen LogP contribution in [0.4, 0.5) is 0 Å². The van der Waals surface area contributed by atoms with Crippen LogP contribution in [-0.2, 0) is 10.0 Å². The minimum absolute atomic E-state index is 0.161. The van der Waals surface area contributed by atoms with E-state index in [2.05, 4.69) is 5.32 Å². The molecule has 0 fully saturated rings. The molecule has 2 aromatic carbocycles. The normalized spacial score (nSPS) is 12.6. The third kappa shape index (κ3) is 4.54. The van der Waals surface area contributed by atoms with Crippen molar-refractivity contribution >= 4 is 15.9 Å². The van der Waals surface area contributed by atoms with Crippen LogP contribution in [0.5, 0.6) is 5.75 Å². The summed E-state index contributed by atoms with van der Waals surface area (Å²) in [5.41, 5.74) is 1.76. The maximum absolute atomic E-state index is 12.9. The second-order valence-corrected chi connectivity index (χ2v) is 8.41. The molecule has 28 heavy (non-hydrogen) atoms. The first-order chi connectivity index (χ1) is 13.3. The number of nitrogens with one attached hydrogen (secondary N) is 1. The number of aryl methyl sites for hydroxylation is 1. The maximum Gasteiger partial charge on any atom is 0.251 e. The number of para-hydroxylation sites is 1. The van der Waals surface area contributed by atoms with E-state index in [-0.39, 0.29) is 16.8 Å². The Bertz CT molecular complexity index is 937. The molecule has 0 aliphatic rings. The molecular formula is C21H28N2O4S. The Morgan fingerprint density at radius 2 is 1.79 bits per heavy atom. The lowest BCUT2D eigenvalue weighted by Crippen LogP contribution is -2.32. The summed E-state index contributed by atoms with van der Waals surface area (Å²) >= 11 is 0. The third-order valence-electron chi connectivity index (χ3n) is 4.73. The highest BCUT2D eigenvalue weighted by molar-refractivity contribution is 7.89. The molecule has 2 aromatic rings. The van der Waals surface area contributed by atoms with E-state index in [0.717, 1.165) is 5.56 Å². The molecule has 7 heteroatoms. The average molecular weight is 405 g/mol. The fourth-order valence-corrected chi connectivity index (χ4v) is 4.81. The van der Waals surface area contributed by atoms with Gasteiger partial charge in [-0.25, -0.2) is 8.42 Å². The maximum atomic E-state index is 12.9. The number of nitrogens with zero attached hydrogens (tertiary/aromatic N) is 1. The Kier molecular flexibility index (Phi) is 7.21. The highest BCUT2D eigenvalue weighted by atomic mass is 32.2. The number of benzene rings is 2. The molecule has 1 N–H and O–H groups in total. The minimum atomic E-state index is -3.65. The molecule has 0 radical (unpaired) electrons. The third-order valence-corrected chi connectivity index (χ3v) is 6.92. The van der Waals surface area contributed by atoms with Crippen LogP contribution in [0.1, 0.15) is 48.3 Å². The van der Waals surface area contributed by atoms with E-state index in [9.17, 15) is 13.2 Å². The number of ether oxygens (including phenoxy) is 1. The molecule has 0 aromatic heterocycles. The van der Waals surface area contributed by atoms with Gasteiger partial charge >= 0.3 is 0 Å². The molecule has 1 amide bonds.